The Labute approximate surface area is 107 Å². The van der Waals surface area contributed by atoms with Gasteiger partial charge in [-0.1, -0.05) is 0 Å². The summed E-state index contributed by atoms with van der Waals surface area (Å²) in [4.78, 5) is 14.7. The van der Waals surface area contributed by atoms with E-state index in [0.29, 0.717) is 12.0 Å². The number of nitrogens with zero attached hydrogens (tertiary/aromatic N) is 3. The summed E-state index contributed by atoms with van der Waals surface area (Å²) in [5.74, 6) is 0.806. The van der Waals surface area contributed by atoms with E-state index in [9.17, 15) is 4.79 Å². The Morgan fingerprint density at radius 1 is 1.39 bits per heavy atom. The number of rotatable bonds is 1. The number of carbonyl (C=O) groups is 1. The molecule has 2 aliphatic rings. The second-order valence-electron chi connectivity index (χ2n) is 5.44. The first-order chi connectivity index (χ1) is 8.59. The van der Waals surface area contributed by atoms with Crippen LogP contribution in [0.1, 0.15) is 28.2 Å². The van der Waals surface area contributed by atoms with Gasteiger partial charge in [0.05, 0.1) is 11.3 Å². The highest BCUT2D eigenvalue weighted by Crippen LogP contribution is 2.29. The third kappa shape index (κ3) is 1.57. The molecule has 1 N–H and O–H groups in total. The van der Waals surface area contributed by atoms with Crippen LogP contribution in [0, 0.1) is 19.8 Å². The van der Waals surface area contributed by atoms with E-state index in [1.165, 1.54) is 0 Å². The zero-order chi connectivity index (χ0) is 12.9. The van der Waals surface area contributed by atoms with Gasteiger partial charge in [0, 0.05) is 38.4 Å². The molecule has 5 heteroatoms. The van der Waals surface area contributed by atoms with Gasteiger partial charge in [-0.2, -0.15) is 5.10 Å². The maximum absolute atomic E-state index is 12.7. The average molecular weight is 248 g/mol. The molecule has 3 rings (SSSR count). The molecule has 0 radical (unpaired) electrons. The van der Waals surface area contributed by atoms with Gasteiger partial charge in [-0.25, -0.2) is 0 Å². The molecule has 0 aromatic carbocycles. The lowest BCUT2D eigenvalue weighted by Crippen LogP contribution is -2.39. The van der Waals surface area contributed by atoms with Crippen molar-refractivity contribution in [3.63, 3.8) is 0 Å². The molecule has 1 amide bonds. The van der Waals surface area contributed by atoms with Gasteiger partial charge >= 0.3 is 0 Å². The summed E-state index contributed by atoms with van der Waals surface area (Å²) >= 11 is 0. The number of hydrogen-bond donors (Lipinski definition) is 1. The zero-order valence-corrected chi connectivity index (χ0v) is 11.2. The number of aromatic nitrogens is 2. The van der Waals surface area contributed by atoms with Crippen LogP contribution in [0.4, 0.5) is 0 Å². The Morgan fingerprint density at radius 3 is 2.83 bits per heavy atom. The molecule has 2 atom stereocenters. The molecule has 5 nitrogen and oxygen atoms in total. The van der Waals surface area contributed by atoms with Crippen molar-refractivity contribution in [2.24, 2.45) is 13.0 Å². The fourth-order valence-corrected chi connectivity index (χ4v) is 3.33. The van der Waals surface area contributed by atoms with Gasteiger partial charge in [0.15, 0.2) is 0 Å². The molecular weight excluding hydrogens is 228 g/mol. The highest BCUT2D eigenvalue weighted by molar-refractivity contribution is 5.96. The first-order valence-electron chi connectivity index (χ1n) is 6.61. The van der Waals surface area contributed by atoms with Crippen molar-refractivity contribution in [3.8, 4) is 0 Å². The molecule has 3 heterocycles. The van der Waals surface area contributed by atoms with Crippen LogP contribution in [0.15, 0.2) is 0 Å². The Bertz CT molecular complexity index is 493. The Balaban J connectivity index is 1.91. The first kappa shape index (κ1) is 11.7. The summed E-state index contributed by atoms with van der Waals surface area (Å²) in [7, 11) is 1.89. The summed E-state index contributed by atoms with van der Waals surface area (Å²) in [5.41, 5.74) is 2.60. The predicted molar refractivity (Wildman–Crippen MR) is 68.5 cm³/mol. The minimum atomic E-state index is 0.161. The summed E-state index contributed by atoms with van der Waals surface area (Å²) in [5, 5.41) is 7.72. The molecular formula is C13H20N4O. The second kappa shape index (κ2) is 4.09. The lowest BCUT2D eigenvalue weighted by atomic mass is 10.0. The van der Waals surface area contributed by atoms with Crippen LogP contribution < -0.4 is 5.32 Å². The first-order valence-corrected chi connectivity index (χ1v) is 6.61. The lowest BCUT2D eigenvalue weighted by Gasteiger charge is -2.23. The Morgan fingerprint density at radius 2 is 2.17 bits per heavy atom. The van der Waals surface area contributed by atoms with Gasteiger partial charge in [-0.15, -0.1) is 0 Å². The van der Waals surface area contributed by atoms with E-state index in [1.807, 2.05) is 25.8 Å². The number of amides is 1. The van der Waals surface area contributed by atoms with Gasteiger partial charge in [-0.3, -0.25) is 9.48 Å². The van der Waals surface area contributed by atoms with Crippen molar-refractivity contribution in [1.82, 2.24) is 20.0 Å². The van der Waals surface area contributed by atoms with E-state index < -0.39 is 0 Å². The van der Waals surface area contributed by atoms with Crippen molar-refractivity contribution in [2.45, 2.75) is 26.3 Å². The molecule has 1 aromatic rings. The van der Waals surface area contributed by atoms with E-state index in [1.54, 1.807) is 4.68 Å². The second-order valence-corrected chi connectivity index (χ2v) is 5.44. The SMILES string of the molecule is Cc1nn(C)c(C)c1C(=O)N1CC[C@H]2CNC[C@H]21. The number of carbonyl (C=O) groups excluding carboxylic acids is 1. The normalized spacial score (nSPS) is 26.7. The summed E-state index contributed by atoms with van der Waals surface area (Å²) < 4.78 is 1.79. The highest BCUT2D eigenvalue weighted by atomic mass is 16.2. The number of aryl methyl sites for hydroxylation is 2. The maximum atomic E-state index is 12.7. The zero-order valence-electron chi connectivity index (χ0n) is 11.2. The minimum absolute atomic E-state index is 0.161. The molecule has 0 aliphatic carbocycles. The van der Waals surface area contributed by atoms with Gasteiger partial charge in [-0.05, 0) is 26.2 Å². The fraction of sp³-hybridized carbons (Fsp3) is 0.692. The monoisotopic (exact) mass is 248 g/mol. The standard InChI is InChI=1S/C13H20N4O/c1-8-12(9(2)16(3)15-8)13(18)17-5-4-10-6-14-7-11(10)17/h10-11,14H,4-7H2,1-3H3/t10-,11+/m0/s1. The third-order valence-electron chi connectivity index (χ3n) is 4.43. The van der Waals surface area contributed by atoms with Crippen molar-refractivity contribution in [3.05, 3.63) is 17.0 Å². The van der Waals surface area contributed by atoms with Crippen LogP contribution in [0.5, 0.6) is 0 Å². The third-order valence-corrected chi connectivity index (χ3v) is 4.43. The number of likely N-dealkylation sites (tertiary alicyclic amines) is 1. The number of hydrogen-bond acceptors (Lipinski definition) is 3. The van der Waals surface area contributed by atoms with Crippen molar-refractivity contribution < 1.29 is 4.79 Å². The molecule has 98 valence electrons. The minimum Gasteiger partial charge on any atom is -0.334 e. The van der Waals surface area contributed by atoms with Crippen LogP contribution >= 0.6 is 0 Å². The summed E-state index contributed by atoms with van der Waals surface area (Å²) in [6.45, 7) is 6.77. The maximum Gasteiger partial charge on any atom is 0.257 e. The largest absolute Gasteiger partial charge is 0.334 e. The molecule has 0 spiro atoms. The molecule has 2 fully saturated rings. The number of nitrogens with one attached hydrogen (secondary N) is 1. The van der Waals surface area contributed by atoms with Crippen molar-refractivity contribution in [2.75, 3.05) is 19.6 Å². The van der Waals surface area contributed by atoms with E-state index >= 15 is 0 Å². The van der Waals surface area contributed by atoms with Crippen LogP contribution in [0.25, 0.3) is 0 Å². The van der Waals surface area contributed by atoms with Gasteiger partial charge < -0.3 is 10.2 Å². The molecule has 2 saturated heterocycles. The van der Waals surface area contributed by atoms with Gasteiger partial charge in [0.25, 0.3) is 5.91 Å². The van der Waals surface area contributed by atoms with Crippen LogP contribution in [-0.2, 0) is 7.05 Å². The topological polar surface area (TPSA) is 50.2 Å². The summed E-state index contributed by atoms with van der Waals surface area (Å²) in [6.07, 6.45) is 1.13. The molecule has 0 unspecified atom stereocenters. The molecule has 0 saturated carbocycles. The van der Waals surface area contributed by atoms with Crippen molar-refractivity contribution in [1.29, 1.82) is 0 Å². The quantitative estimate of drug-likeness (QED) is 0.786. The van der Waals surface area contributed by atoms with E-state index in [0.717, 1.165) is 43.0 Å². The molecule has 18 heavy (non-hydrogen) atoms. The van der Waals surface area contributed by atoms with E-state index in [-0.39, 0.29) is 5.91 Å². The lowest BCUT2D eigenvalue weighted by molar-refractivity contribution is 0.0735. The van der Waals surface area contributed by atoms with E-state index in [4.69, 9.17) is 0 Å². The Hall–Kier alpha value is -1.36. The molecule has 0 bridgehead atoms. The molecule has 1 aromatic heterocycles. The fourth-order valence-electron chi connectivity index (χ4n) is 3.33. The van der Waals surface area contributed by atoms with Gasteiger partial charge in [0.1, 0.15) is 0 Å². The smallest absolute Gasteiger partial charge is 0.257 e. The van der Waals surface area contributed by atoms with Crippen LogP contribution in [0.3, 0.4) is 0 Å². The van der Waals surface area contributed by atoms with Crippen LogP contribution in [0.2, 0.25) is 0 Å². The number of fused-ring (bicyclic) bond motifs is 1. The van der Waals surface area contributed by atoms with Gasteiger partial charge in [0.2, 0.25) is 0 Å². The highest BCUT2D eigenvalue weighted by Gasteiger charge is 2.41. The Kier molecular flexibility index (Phi) is 2.66. The van der Waals surface area contributed by atoms with Crippen molar-refractivity contribution >= 4 is 5.91 Å². The average Bonchev–Trinajstić information content (AvgIpc) is 2.94. The summed E-state index contributed by atoms with van der Waals surface area (Å²) in [6, 6.07) is 0.386. The predicted octanol–water partition coefficient (Wildman–Crippen LogP) is 0.471. The van der Waals surface area contributed by atoms with E-state index in [2.05, 4.69) is 10.4 Å². The van der Waals surface area contributed by atoms with Crippen LogP contribution in [-0.4, -0.2) is 46.3 Å². The molecule has 2 aliphatic heterocycles.